The number of hydrogen-bond acceptors (Lipinski definition) is 4. The predicted octanol–water partition coefficient (Wildman–Crippen LogP) is 2.19. The van der Waals surface area contributed by atoms with E-state index in [1.165, 1.54) is 4.88 Å². The van der Waals surface area contributed by atoms with Crippen molar-refractivity contribution in [2.24, 2.45) is 10.9 Å². The minimum atomic E-state index is 0.175. The Morgan fingerprint density at radius 2 is 1.96 bits per heavy atom. The molecule has 0 atom stereocenters. The van der Waals surface area contributed by atoms with Gasteiger partial charge in [-0.25, -0.2) is 0 Å². The van der Waals surface area contributed by atoms with E-state index >= 15 is 0 Å². The molecule has 2 aromatic heterocycles. The highest BCUT2D eigenvalue weighted by Crippen LogP contribution is 2.28. The third-order valence-electron chi connectivity index (χ3n) is 4.12. The van der Waals surface area contributed by atoms with Crippen LogP contribution in [0.2, 0.25) is 0 Å². The van der Waals surface area contributed by atoms with Crippen LogP contribution in [-0.2, 0) is 17.6 Å². The summed E-state index contributed by atoms with van der Waals surface area (Å²) in [4.78, 5) is 17.6. The second kappa shape index (κ2) is 10.0. The van der Waals surface area contributed by atoms with Crippen LogP contribution in [0.5, 0.6) is 0 Å². The third kappa shape index (κ3) is 6.55. The fourth-order valence-corrected chi connectivity index (χ4v) is 3.22. The fraction of sp³-hybridized carbons (Fsp3) is 0.474. The van der Waals surface area contributed by atoms with E-state index in [1.54, 1.807) is 17.6 Å². The van der Waals surface area contributed by atoms with E-state index in [0.29, 0.717) is 13.1 Å². The Hall–Kier alpha value is -2.28. The average molecular weight is 375 g/mol. The molecule has 0 aromatic carbocycles. The highest BCUT2D eigenvalue weighted by atomic mass is 32.1. The summed E-state index contributed by atoms with van der Waals surface area (Å²) >= 11 is 1.75. The van der Waals surface area contributed by atoms with Crippen LogP contribution in [0.15, 0.2) is 45.3 Å². The van der Waals surface area contributed by atoms with Crippen molar-refractivity contribution in [3.05, 3.63) is 46.5 Å². The second-order valence-electron chi connectivity index (χ2n) is 6.31. The number of hydrogen-bond donors (Lipinski definition) is 3. The van der Waals surface area contributed by atoms with E-state index < -0.39 is 0 Å². The topological polar surface area (TPSA) is 78.7 Å². The fourth-order valence-electron chi connectivity index (χ4n) is 2.52. The zero-order chi connectivity index (χ0) is 18.0. The highest BCUT2D eigenvalue weighted by Gasteiger charge is 2.28. The SMILES string of the molecule is O=C(NCCNC(=NCCc1cccs1)NCCc1ccco1)C1CC1. The minimum Gasteiger partial charge on any atom is -0.469 e. The van der Waals surface area contributed by atoms with Gasteiger partial charge < -0.3 is 20.4 Å². The van der Waals surface area contributed by atoms with Crippen LogP contribution in [0.4, 0.5) is 0 Å². The third-order valence-corrected chi connectivity index (χ3v) is 5.05. The van der Waals surface area contributed by atoms with Crippen LogP contribution in [0.25, 0.3) is 0 Å². The molecule has 7 heteroatoms. The Balaban J connectivity index is 1.40. The van der Waals surface area contributed by atoms with Gasteiger partial charge in [-0.2, -0.15) is 0 Å². The van der Waals surface area contributed by atoms with Gasteiger partial charge in [0.1, 0.15) is 5.76 Å². The van der Waals surface area contributed by atoms with Crippen molar-refractivity contribution in [3.63, 3.8) is 0 Å². The summed E-state index contributed by atoms with van der Waals surface area (Å²) in [6.07, 6.45) is 5.48. The van der Waals surface area contributed by atoms with E-state index in [9.17, 15) is 4.79 Å². The highest BCUT2D eigenvalue weighted by molar-refractivity contribution is 7.09. The first-order valence-electron chi connectivity index (χ1n) is 9.16. The molecule has 0 unspecified atom stereocenters. The lowest BCUT2D eigenvalue weighted by molar-refractivity contribution is -0.122. The van der Waals surface area contributed by atoms with Gasteiger partial charge in [0.25, 0.3) is 0 Å². The molecule has 6 nitrogen and oxygen atoms in total. The number of nitrogens with one attached hydrogen (secondary N) is 3. The Bertz CT molecular complexity index is 678. The van der Waals surface area contributed by atoms with Crippen molar-refractivity contribution < 1.29 is 9.21 Å². The van der Waals surface area contributed by atoms with E-state index in [2.05, 4.69) is 38.5 Å². The zero-order valence-electron chi connectivity index (χ0n) is 14.9. The van der Waals surface area contributed by atoms with E-state index in [1.807, 2.05) is 12.1 Å². The number of aliphatic imine (C=N–C) groups is 1. The second-order valence-corrected chi connectivity index (χ2v) is 7.34. The molecule has 1 aliphatic carbocycles. The number of furan rings is 1. The number of carbonyl (C=O) groups is 1. The van der Waals surface area contributed by atoms with Crippen molar-refractivity contribution in [2.75, 3.05) is 26.2 Å². The van der Waals surface area contributed by atoms with E-state index in [0.717, 1.165) is 50.5 Å². The Morgan fingerprint density at radius 1 is 1.12 bits per heavy atom. The molecule has 0 aliphatic heterocycles. The molecule has 0 bridgehead atoms. The summed E-state index contributed by atoms with van der Waals surface area (Å²) in [5.74, 6) is 2.15. The van der Waals surface area contributed by atoms with E-state index in [4.69, 9.17) is 4.42 Å². The quantitative estimate of drug-likeness (QED) is 0.338. The van der Waals surface area contributed by atoms with Crippen LogP contribution >= 0.6 is 11.3 Å². The first-order chi connectivity index (χ1) is 12.8. The van der Waals surface area contributed by atoms with Crippen LogP contribution in [0.3, 0.4) is 0 Å². The zero-order valence-corrected chi connectivity index (χ0v) is 15.7. The maximum absolute atomic E-state index is 11.7. The summed E-state index contributed by atoms with van der Waals surface area (Å²) < 4.78 is 5.35. The van der Waals surface area contributed by atoms with Gasteiger partial charge in [-0.1, -0.05) is 6.07 Å². The Kier molecular flexibility index (Phi) is 7.13. The summed E-state index contributed by atoms with van der Waals surface area (Å²) in [7, 11) is 0. The number of thiophene rings is 1. The summed E-state index contributed by atoms with van der Waals surface area (Å²) in [5.41, 5.74) is 0. The van der Waals surface area contributed by atoms with E-state index in [-0.39, 0.29) is 11.8 Å². The first kappa shape index (κ1) is 18.5. The molecule has 3 rings (SSSR count). The molecule has 26 heavy (non-hydrogen) atoms. The molecule has 1 amide bonds. The lowest BCUT2D eigenvalue weighted by Crippen LogP contribution is -2.42. The number of amides is 1. The van der Waals surface area contributed by atoms with Crippen LogP contribution in [0, 0.1) is 5.92 Å². The van der Waals surface area contributed by atoms with Crippen LogP contribution < -0.4 is 16.0 Å². The summed E-state index contributed by atoms with van der Waals surface area (Å²) in [6.45, 7) is 2.74. The molecule has 0 spiro atoms. The van der Waals surface area contributed by atoms with Gasteiger partial charge in [0.2, 0.25) is 5.91 Å². The van der Waals surface area contributed by atoms with Gasteiger partial charge in [-0.05, 0) is 36.4 Å². The van der Waals surface area contributed by atoms with Crippen LogP contribution in [0.1, 0.15) is 23.5 Å². The maximum atomic E-state index is 11.7. The molecular weight excluding hydrogens is 348 g/mol. The van der Waals surface area contributed by atoms with Crippen molar-refractivity contribution in [1.29, 1.82) is 0 Å². The van der Waals surface area contributed by atoms with Crippen LogP contribution in [-0.4, -0.2) is 38.0 Å². The lowest BCUT2D eigenvalue weighted by Gasteiger charge is -2.12. The van der Waals surface area contributed by atoms with Gasteiger partial charge in [0, 0.05) is 49.8 Å². The van der Waals surface area contributed by atoms with Crippen molar-refractivity contribution >= 4 is 23.2 Å². The molecule has 3 N–H and O–H groups in total. The number of carbonyl (C=O) groups excluding carboxylic acids is 1. The molecule has 1 aliphatic rings. The molecule has 2 aromatic rings. The smallest absolute Gasteiger partial charge is 0.223 e. The average Bonchev–Trinajstić information content (AvgIpc) is 3.13. The molecular formula is C19H26N4O2S. The van der Waals surface area contributed by atoms with Gasteiger partial charge in [0.15, 0.2) is 5.96 Å². The first-order valence-corrected chi connectivity index (χ1v) is 10.0. The van der Waals surface area contributed by atoms with Gasteiger partial charge >= 0.3 is 0 Å². The molecule has 2 heterocycles. The number of rotatable bonds is 10. The van der Waals surface area contributed by atoms with Crippen molar-refractivity contribution in [1.82, 2.24) is 16.0 Å². The molecule has 1 saturated carbocycles. The largest absolute Gasteiger partial charge is 0.469 e. The van der Waals surface area contributed by atoms with Crippen molar-refractivity contribution in [3.8, 4) is 0 Å². The monoisotopic (exact) mass is 374 g/mol. The molecule has 0 radical (unpaired) electrons. The standard InChI is InChI=1S/C19H26N4O2S/c24-18(15-5-6-15)20-11-12-23-19(21-9-7-16-3-1-13-25-16)22-10-8-17-4-2-14-26-17/h1-4,13-15H,5-12H2,(H,20,24)(H2,21,22,23). The molecule has 1 fully saturated rings. The van der Waals surface area contributed by atoms with Gasteiger partial charge in [0.05, 0.1) is 6.26 Å². The van der Waals surface area contributed by atoms with Gasteiger partial charge in [-0.3, -0.25) is 9.79 Å². The lowest BCUT2D eigenvalue weighted by atomic mass is 10.3. The molecule has 140 valence electrons. The molecule has 0 saturated heterocycles. The van der Waals surface area contributed by atoms with Gasteiger partial charge in [-0.15, -0.1) is 11.3 Å². The summed E-state index contributed by atoms with van der Waals surface area (Å²) in [5, 5.41) is 11.7. The summed E-state index contributed by atoms with van der Waals surface area (Å²) in [6, 6.07) is 8.06. The predicted molar refractivity (Wildman–Crippen MR) is 104 cm³/mol. The maximum Gasteiger partial charge on any atom is 0.223 e. The normalized spacial score (nSPS) is 14.2. The number of nitrogens with zero attached hydrogens (tertiary/aromatic N) is 1. The minimum absolute atomic E-state index is 0.175. The number of guanidine groups is 1. The Labute approximate surface area is 158 Å². The van der Waals surface area contributed by atoms with Crippen molar-refractivity contribution in [2.45, 2.75) is 25.7 Å². The Morgan fingerprint density at radius 3 is 2.69 bits per heavy atom.